The Morgan fingerprint density at radius 1 is 1.24 bits per heavy atom. The Labute approximate surface area is 123 Å². The van der Waals surface area contributed by atoms with Gasteiger partial charge in [-0.1, -0.05) is 0 Å². The van der Waals surface area contributed by atoms with E-state index in [4.69, 9.17) is 0 Å². The summed E-state index contributed by atoms with van der Waals surface area (Å²) < 4.78 is 13.1. The molecule has 1 N–H and O–H groups in total. The molecule has 6 heteroatoms. The maximum atomic E-state index is 13.1. The highest BCUT2D eigenvalue weighted by molar-refractivity contribution is 5.95. The Morgan fingerprint density at radius 3 is 2.48 bits per heavy atom. The van der Waals surface area contributed by atoms with Gasteiger partial charge in [0.2, 0.25) is 5.91 Å². The van der Waals surface area contributed by atoms with Crippen LogP contribution in [0.15, 0.2) is 18.2 Å². The van der Waals surface area contributed by atoms with E-state index < -0.39 is 0 Å². The van der Waals surface area contributed by atoms with E-state index in [0.29, 0.717) is 43.9 Å². The van der Waals surface area contributed by atoms with Crippen LogP contribution in [0.1, 0.15) is 15.9 Å². The van der Waals surface area contributed by atoms with Crippen molar-refractivity contribution in [2.75, 3.05) is 39.8 Å². The second-order valence-electron chi connectivity index (χ2n) is 5.20. The van der Waals surface area contributed by atoms with Crippen LogP contribution < -0.4 is 5.32 Å². The molecule has 21 heavy (non-hydrogen) atoms. The van der Waals surface area contributed by atoms with E-state index in [1.54, 1.807) is 18.9 Å². The first-order chi connectivity index (χ1) is 10.0. The molecule has 0 aliphatic carbocycles. The van der Waals surface area contributed by atoms with E-state index in [1.807, 2.05) is 4.90 Å². The van der Waals surface area contributed by atoms with E-state index in [1.165, 1.54) is 18.2 Å². The largest absolute Gasteiger partial charge is 0.358 e. The van der Waals surface area contributed by atoms with Crippen molar-refractivity contribution in [1.82, 2.24) is 15.1 Å². The number of nitrogens with zero attached hydrogens (tertiary/aromatic N) is 2. The van der Waals surface area contributed by atoms with Crippen LogP contribution in [0.4, 0.5) is 4.39 Å². The first-order valence-electron chi connectivity index (χ1n) is 6.99. The number of amides is 2. The molecule has 1 aromatic rings. The molecule has 1 aliphatic heterocycles. The summed E-state index contributed by atoms with van der Waals surface area (Å²) >= 11 is 0. The van der Waals surface area contributed by atoms with Crippen LogP contribution in [0, 0.1) is 12.7 Å². The summed E-state index contributed by atoms with van der Waals surface area (Å²) in [5.74, 6) is -0.435. The van der Waals surface area contributed by atoms with Crippen molar-refractivity contribution in [2.24, 2.45) is 0 Å². The molecule has 0 saturated carbocycles. The number of aryl methyl sites for hydroxylation is 1. The number of likely N-dealkylation sites (N-methyl/N-ethyl adjacent to an activating group) is 1. The number of hydrogen-bond donors (Lipinski definition) is 1. The Kier molecular flexibility index (Phi) is 4.90. The molecule has 1 saturated heterocycles. The number of piperazine rings is 1. The molecule has 2 amide bonds. The number of hydrogen-bond acceptors (Lipinski definition) is 3. The summed E-state index contributed by atoms with van der Waals surface area (Å²) in [5.41, 5.74) is 1.18. The van der Waals surface area contributed by atoms with E-state index in [0.717, 1.165) is 0 Å². The quantitative estimate of drug-likeness (QED) is 0.890. The fraction of sp³-hybridized carbons (Fsp3) is 0.467. The van der Waals surface area contributed by atoms with E-state index in [9.17, 15) is 14.0 Å². The van der Waals surface area contributed by atoms with Gasteiger partial charge < -0.3 is 10.2 Å². The normalized spacial score (nSPS) is 15.9. The summed E-state index contributed by atoms with van der Waals surface area (Å²) in [6, 6.07) is 4.21. The lowest BCUT2D eigenvalue weighted by molar-refractivity contribution is -0.122. The van der Waals surface area contributed by atoms with E-state index in [-0.39, 0.29) is 17.6 Å². The zero-order valence-electron chi connectivity index (χ0n) is 12.4. The predicted molar refractivity (Wildman–Crippen MR) is 77.5 cm³/mol. The lowest BCUT2D eigenvalue weighted by atomic mass is 10.1. The molecule has 5 nitrogen and oxygen atoms in total. The summed E-state index contributed by atoms with van der Waals surface area (Å²) in [4.78, 5) is 27.5. The highest BCUT2D eigenvalue weighted by atomic mass is 19.1. The van der Waals surface area contributed by atoms with Gasteiger partial charge in [-0.2, -0.15) is 0 Å². The van der Waals surface area contributed by atoms with Gasteiger partial charge in [0.1, 0.15) is 5.82 Å². The lowest BCUT2D eigenvalue weighted by Gasteiger charge is -2.34. The Hall–Kier alpha value is -1.95. The predicted octanol–water partition coefficient (Wildman–Crippen LogP) is 0.638. The molecule has 1 fully saturated rings. The Bertz CT molecular complexity index is 540. The van der Waals surface area contributed by atoms with Gasteiger partial charge in [-0.15, -0.1) is 0 Å². The van der Waals surface area contributed by atoms with Crippen molar-refractivity contribution < 1.29 is 14.0 Å². The van der Waals surface area contributed by atoms with Crippen molar-refractivity contribution in [3.05, 3.63) is 35.1 Å². The standard InChI is InChI=1S/C15H20FN3O2/c1-11-9-12(16)3-4-13(11)15(21)19-7-5-18(6-8-19)10-14(20)17-2/h3-4,9H,5-8,10H2,1-2H3,(H,17,20). The van der Waals surface area contributed by atoms with Crippen molar-refractivity contribution in [1.29, 1.82) is 0 Å². The second-order valence-corrected chi connectivity index (χ2v) is 5.20. The minimum atomic E-state index is -0.334. The van der Waals surface area contributed by atoms with Crippen LogP contribution in [0.5, 0.6) is 0 Å². The van der Waals surface area contributed by atoms with Crippen LogP contribution in [-0.4, -0.2) is 61.4 Å². The van der Waals surface area contributed by atoms with Gasteiger partial charge in [0.15, 0.2) is 0 Å². The molecule has 114 valence electrons. The van der Waals surface area contributed by atoms with E-state index >= 15 is 0 Å². The van der Waals surface area contributed by atoms with Crippen LogP contribution >= 0.6 is 0 Å². The molecule has 2 rings (SSSR count). The molecule has 1 heterocycles. The smallest absolute Gasteiger partial charge is 0.254 e. The second kappa shape index (κ2) is 6.67. The Balaban J connectivity index is 1.95. The summed E-state index contributed by atoms with van der Waals surface area (Å²) in [6.45, 7) is 4.57. The van der Waals surface area contributed by atoms with Crippen molar-refractivity contribution in [3.8, 4) is 0 Å². The number of rotatable bonds is 3. The van der Waals surface area contributed by atoms with Crippen molar-refractivity contribution >= 4 is 11.8 Å². The summed E-state index contributed by atoms with van der Waals surface area (Å²) in [5, 5.41) is 2.59. The first kappa shape index (κ1) is 15.4. The maximum Gasteiger partial charge on any atom is 0.254 e. The average Bonchev–Trinajstić information content (AvgIpc) is 2.47. The minimum absolute atomic E-state index is 0.0239. The molecule has 0 radical (unpaired) electrons. The highest BCUT2D eigenvalue weighted by Gasteiger charge is 2.23. The van der Waals surface area contributed by atoms with Crippen molar-refractivity contribution in [2.45, 2.75) is 6.92 Å². The van der Waals surface area contributed by atoms with E-state index in [2.05, 4.69) is 5.32 Å². The number of carbonyl (C=O) groups is 2. The number of benzene rings is 1. The van der Waals surface area contributed by atoms with Crippen LogP contribution in [0.2, 0.25) is 0 Å². The molecule has 0 bridgehead atoms. The third-order valence-electron chi connectivity index (χ3n) is 3.72. The van der Waals surface area contributed by atoms with Gasteiger partial charge in [0.05, 0.1) is 6.54 Å². The summed E-state index contributed by atoms with van der Waals surface area (Å²) in [7, 11) is 1.61. The molecular weight excluding hydrogens is 273 g/mol. The lowest BCUT2D eigenvalue weighted by Crippen LogP contribution is -2.51. The maximum absolute atomic E-state index is 13.1. The van der Waals surface area contributed by atoms with Gasteiger partial charge in [-0.05, 0) is 30.7 Å². The number of carbonyl (C=O) groups excluding carboxylic acids is 2. The SMILES string of the molecule is CNC(=O)CN1CCN(C(=O)c2ccc(F)cc2C)CC1. The third-order valence-corrected chi connectivity index (χ3v) is 3.72. The third kappa shape index (κ3) is 3.78. The van der Waals surface area contributed by atoms with Crippen LogP contribution in [0.25, 0.3) is 0 Å². The summed E-state index contributed by atoms with van der Waals surface area (Å²) in [6.07, 6.45) is 0. The van der Waals surface area contributed by atoms with Gasteiger partial charge in [-0.3, -0.25) is 14.5 Å². The fourth-order valence-electron chi connectivity index (χ4n) is 2.43. The van der Waals surface area contributed by atoms with Gasteiger partial charge >= 0.3 is 0 Å². The minimum Gasteiger partial charge on any atom is -0.358 e. The van der Waals surface area contributed by atoms with Crippen LogP contribution in [0.3, 0.4) is 0 Å². The molecule has 0 atom stereocenters. The fourth-order valence-corrected chi connectivity index (χ4v) is 2.43. The van der Waals surface area contributed by atoms with Crippen molar-refractivity contribution in [3.63, 3.8) is 0 Å². The molecule has 0 aromatic heterocycles. The monoisotopic (exact) mass is 293 g/mol. The average molecular weight is 293 g/mol. The van der Waals surface area contributed by atoms with Gasteiger partial charge in [-0.25, -0.2) is 4.39 Å². The molecule has 1 aromatic carbocycles. The molecule has 1 aliphatic rings. The topological polar surface area (TPSA) is 52.7 Å². The molecule has 0 unspecified atom stereocenters. The van der Waals surface area contributed by atoms with Gasteiger partial charge in [0.25, 0.3) is 5.91 Å². The first-order valence-corrected chi connectivity index (χ1v) is 6.99. The molecular formula is C15H20FN3O2. The number of nitrogens with one attached hydrogen (secondary N) is 1. The highest BCUT2D eigenvalue weighted by Crippen LogP contribution is 2.14. The van der Waals surface area contributed by atoms with Crippen LogP contribution in [-0.2, 0) is 4.79 Å². The zero-order chi connectivity index (χ0) is 15.4. The number of halogens is 1. The zero-order valence-corrected chi connectivity index (χ0v) is 12.4. The molecule has 0 spiro atoms. The van der Waals surface area contributed by atoms with Gasteiger partial charge in [0, 0.05) is 38.8 Å². The Morgan fingerprint density at radius 2 is 1.90 bits per heavy atom.